The Morgan fingerprint density at radius 3 is 2.73 bits per heavy atom. The number of aromatic nitrogens is 1. The summed E-state index contributed by atoms with van der Waals surface area (Å²) in [5.41, 5.74) is 3.47. The van der Waals surface area contributed by atoms with Gasteiger partial charge in [0, 0.05) is 21.8 Å². The third-order valence-electron chi connectivity index (χ3n) is 4.71. The van der Waals surface area contributed by atoms with Gasteiger partial charge in [-0.15, -0.1) is 0 Å². The smallest absolute Gasteiger partial charge is 0.256 e. The average molecular weight is 419 g/mol. The summed E-state index contributed by atoms with van der Waals surface area (Å²) in [5, 5.41) is 3.48. The van der Waals surface area contributed by atoms with Crippen LogP contribution in [0.4, 0.5) is 5.69 Å². The van der Waals surface area contributed by atoms with Crippen molar-refractivity contribution < 1.29 is 13.9 Å². The second kappa shape index (κ2) is 8.43. The molecular formula is C24H19ClN2O3. The number of anilines is 1. The number of rotatable bonds is 5. The van der Waals surface area contributed by atoms with Gasteiger partial charge in [-0.05, 0) is 48.9 Å². The maximum Gasteiger partial charge on any atom is 0.256 e. The summed E-state index contributed by atoms with van der Waals surface area (Å²) in [6, 6.07) is 20.1. The first kappa shape index (κ1) is 19.7. The number of ether oxygens (including phenoxy) is 1. The van der Waals surface area contributed by atoms with Gasteiger partial charge in [0.25, 0.3) is 5.91 Å². The summed E-state index contributed by atoms with van der Waals surface area (Å²) in [5.74, 6) is 1.41. The Balaban J connectivity index is 1.66. The topological polar surface area (TPSA) is 64.4 Å². The van der Waals surface area contributed by atoms with Crippen LogP contribution < -0.4 is 10.1 Å². The van der Waals surface area contributed by atoms with Crippen molar-refractivity contribution in [2.45, 2.75) is 6.92 Å². The van der Waals surface area contributed by atoms with Gasteiger partial charge in [0.05, 0.1) is 18.9 Å². The average Bonchev–Trinajstić information content (AvgIpc) is 3.26. The van der Waals surface area contributed by atoms with E-state index in [4.69, 9.17) is 20.8 Å². The number of nitrogens with zero attached hydrogens (tertiary/aromatic N) is 1. The van der Waals surface area contributed by atoms with E-state index in [1.54, 1.807) is 43.6 Å². The molecule has 3 aromatic carbocycles. The molecule has 4 rings (SSSR count). The van der Waals surface area contributed by atoms with E-state index in [0.717, 1.165) is 16.9 Å². The summed E-state index contributed by atoms with van der Waals surface area (Å²) < 4.78 is 11.2. The van der Waals surface area contributed by atoms with Crippen LogP contribution >= 0.6 is 11.6 Å². The number of aryl methyl sites for hydroxylation is 1. The summed E-state index contributed by atoms with van der Waals surface area (Å²) in [7, 11) is 1.61. The Bertz CT molecular complexity index is 1220. The molecular weight excluding hydrogens is 400 g/mol. The number of hydrogen-bond donors (Lipinski definition) is 1. The highest BCUT2D eigenvalue weighted by Gasteiger charge is 2.18. The molecule has 1 aromatic heterocycles. The van der Waals surface area contributed by atoms with Gasteiger partial charge in [-0.3, -0.25) is 4.79 Å². The molecule has 30 heavy (non-hydrogen) atoms. The molecule has 1 N–H and O–H groups in total. The predicted molar refractivity (Wildman–Crippen MR) is 118 cm³/mol. The van der Waals surface area contributed by atoms with Gasteiger partial charge in [-0.1, -0.05) is 41.9 Å². The van der Waals surface area contributed by atoms with E-state index >= 15 is 0 Å². The van der Waals surface area contributed by atoms with Crippen LogP contribution in [0, 0.1) is 6.92 Å². The fourth-order valence-electron chi connectivity index (χ4n) is 3.09. The Morgan fingerprint density at radius 2 is 1.90 bits per heavy atom. The quantitative estimate of drug-likeness (QED) is 0.417. The van der Waals surface area contributed by atoms with Crippen molar-refractivity contribution in [1.82, 2.24) is 4.98 Å². The molecule has 6 heteroatoms. The molecule has 1 heterocycles. The first-order valence-corrected chi connectivity index (χ1v) is 9.70. The van der Waals surface area contributed by atoms with Crippen molar-refractivity contribution in [3.8, 4) is 28.5 Å². The molecule has 0 saturated heterocycles. The maximum atomic E-state index is 13.0. The minimum Gasteiger partial charge on any atom is -0.497 e. The number of oxazole rings is 1. The molecule has 5 nitrogen and oxygen atoms in total. The van der Waals surface area contributed by atoms with Crippen molar-refractivity contribution in [2.24, 2.45) is 0 Å². The Kier molecular flexibility index (Phi) is 5.55. The SMILES string of the molecule is COc1cccc(-c2cnc(-c3ccccc3C(=O)Nc3cc(Cl)ccc3C)o2)c1. The lowest BCUT2D eigenvalue weighted by Gasteiger charge is -2.11. The number of methoxy groups -OCH3 is 1. The molecule has 4 aromatic rings. The van der Waals surface area contributed by atoms with Gasteiger partial charge < -0.3 is 14.5 Å². The molecule has 0 spiro atoms. The molecule has 0 unspecified atom stereocenters. The van der Waals surface area contributed by atoms with Gasteiger partial charge in [0.15, 0.2) is 5.76 Å². The van der Waals surface area contributed by atoms with Crippen LogP contribution in [0.3, 0.4) is 0 Å². The highest BCUT2D eigenvalue weighted by Crippen LogP contribution is 2.30. The van der Waals surface area contributed by atoms with Crippen LogP contribution in [0.15, 0.2) is 77.3 Å². The highest BCUT2D eigenvalue weighted by molar-refractivity contribution is 6.31. The summed E-state index contributed by atoms with van der Waals surface area (Å²) in [4.78, 5) is 17.4. The second-order valence-electron chi connectivity index (χ2n) is 6.72. The van der Waals surface area contributed by atoms with Gasteiger partial charge in [0.1, 0.15) is 5.75 Å². The predicted octanol–water partition coefficient (Wildman–Crippen LogP) is 6.23. The first-order chi connectivity index (χ1) is 14.5. The van der Waals surface area contributed by atoms with E-state index in [1.807, 2.05) is 43.3 Å². The molecule has 0 saturated carbocycles. The second-order valence-corrected chi connectivity index (χ2v) is 7.16. The summed E-state index contributed by atoms with van der Waals surface area (Å²) in [6.07, 6.45) is 1.64. The maximum absolute atomic E-state index is 13.0. The molecule has 0 aliphatic rings. The summed E-state index contributed by atoms with van der Waals surface area (Å²) >= 11 is 6.07. The van der Waals surface area contributed by atoms with E-state index in [0.29, 0.717) is 33.5 Å². The zero-order valence-corrected chi connectivity index (χ0v) is 17.2. The number of carbonyl (C=O) groups is 1. The van der Waals surface area contributed by atoms with Crippen molar-refractivity contribution in [1.29, 1.82) is 0 Å². The number of benzene rings is 3. The lowest BCUT2D eigenvalue weighted by molar-refractivity contribution is 0.102. The molecule has 0 aliphatic heterocycles. The molecule has 0 fully saturated rings. The van der Waals surface area contributed by atoms with Crippen molar-refractivity contribution >= 4 is 23.2 Å². The third kappa shape index (κ3) is 4.07. The highest BCUT2D eigenvalue weighted by atomic mass is 35.5. The standard InChI is InChI=1S/C24H19ClN2O3/c1-15-10-11-17(25)13-21(15)27-23(28)19-8-3-4-9-20(19)24-26-14-22(30-24)16-6-5-7-18(12-16)29-2/h3-14H,1-2H3,(H,27,28). The Morgan fingerprint density at radius 1 is 1.07 bits per heavy atom. The van der Waals surface area contributed by atoms with Crippen LogP contribution in [-0.4, -0.2) is 18.0 Å². The van der Waals surface area contributed by atoms with Crippen molar-refractivity contribution in [2.75, 3.05) is 12.4 Å². The molecule has 0 bridgehead atoms. The number of nitrogens with one attached hydrogen (secondary N) is 1. The zero-order valence-electron chi connectivity index (χ0n) is 16.5. The van der Waals surface area contributed by atoms with Crippen LogP contribution in [0.1, 0.15) is 15.9 Å². The number of carbonyl (C=O) groups excluding carboxylic acids is 1. The molecule has 150 valence electrons. The van der Waals surface area contributed by atoms with Gasteiger partial charge >= 0.3 is 0 Å². The zero-order chi connectivity index (χ0) is 21.1. The van der Waals surface area contributed by atoms with Crippen LogP contribution in [0.5, 0.6) is 5.75 Å². The van der Waals surface area contributed by atoms with E-state index in [2.05, 4.69) is 10.3 Å². The first-order valence-electron chi connectivity index (χ1n) is 9.32. The number of halogens is 1. The number of hydrogen-bond acceptors (Lipinski definition) is 4. The fourth-order valence-corrected chi connectivity index (χ4v) is 3.27. The van der Waals surface area contributed by atoms with Gasteiger partial charge in [-0.25, -0.2) is 4.98 Å². The summed E-state index contributed by atoms with van der Waals surface area (Å²) in [6.45, 7) is 1.91. The minimum atomic E-state index is -0.267. The molecule has 1 amide bonds. The normalized spacial score (nSPS) is 10.6. The van der Waals surface area contributed by atoms with Crippen molar-refractivity contribution in [3.63, 3.8) is 0 Å². The van der Waals surface area contributed by atoms with Crippen LogP contribution in [0.2, 0.25) is 5.02 Å². The minimum absolute atomic E-state index is 0.267. The van der Waals surface area contributed by atoms with E-state index in [-0.39, 0.29) is 5.91 Å². The van der Waals surface area contributed by atoms with E-state index < -0.39 is 0 Å². The lowest BCUT2D eigenvalue weighted by Crippen LogP contribution is -2.14. The van der Waals surface area contributed by atoms with E-state index in [9.17, 15) is 4.79 Å². The molecule has 0 atom stereocenters. The lowest BCUT2D eigenvalue weighted by atomic mass is 10.1. The fraction of sp³-hybridized carbons (Fsp3) is 0.0833. The van der Waals surface area contributed by atoms with Gasteiger partial charge in [0.2, 0.25) is 5.89 Å². The van der Waals surface area contributed by atoms with Crippen LogP contribution in [-0.2, 0) is 0 Å². The Labute approximate surface area is 179 Å². The Hall–Kier alpha value is -3.57. The monoisotopic (exact) mass is 418 g/mol. The third-order valence-corrected chi connectivity index (χ3v) is 4.94. The largest absolute Gasteiger partial charge is 0.497 e. The van der Waals surface area contributed by atoms with Crippen molar-refractivity contribution in [3.05, 3.63) is 89.1 Å². The molecule has 0 aliphatic carbocycles. The van der Waals surface area contributed by atoms with Crippen LogP contribution in [0.25, 0.3) is 22.8 Å². The molecule has 0 radical (unpaired) electrons. The van der Waals surface area contributed by atoms with E-state index in [1.165, 1.54) is 0 Å². The number of amides is 1. The van der Waals surface area contributed by atoms with Gasteiger partial charge in [-0.2, -0.15) is 0 Å².